The van der Waals surface area contributed by atoms with Crippen LogP contribution in [-0.4, -0.2) is 12.6 Å². The quantitative estimate of drug-likeness (QED) is 0.796. The molecule has 106 valence electrons. The zero-order chi connectivity index (χ0) is 13.5. The van der Waals surface area contributed by atoms with Crippen LogP contribution in [0, 0.1) is 11.3 Å². The van der Waals surface area contributed by atoms with Gasteiger partial charge >= 0.3 is 0 Å². The van der Waals surface area contributed by atoms with Crippen LogP contribution in [0.25, 0.3) is 0 Å². The van der Waals surface area contributed by atoms with E-state index in [9.17, 15) is 0 Å². The van der Waals surface area contributed by atoms with Crippen LogP contribution in [0.4, 0.5) is 0 Å². The summed E-state index contributed by atoms with van der Waals surface area (Å²) in [6.07, 6.45) is 6.87. The van der Waals surface area contributed by atoms with Gasteiger partial charge in [-0.2, -0.15) is 11.3 Å². The van der Waals surface area contributed by atoms with E-state index in [1.54, 1.807) is 5.56 Å². The Kier molecular flexibility index (Phi) is 4.08. The van der Waals surface area contributed by atoms with Crippen LogP contribution in [0.1, 0.15) is 57.4 Å². The maximum absolute atomic E-state index is 3.75. The van der Waals surface area contributed by atoms with Crippen molar-refractivity contribution in [1.82, 2.24) is 5.32 Å². The summed E-state index contributed by atoms with van der Waals surface area (Å²) in [7, 11) is 0. The smallest absolute Gasteiger partial charge is 0.0317 e. The zero-order valence-electron chi connectivity index (χ0n) is 11.9. The molecule has 0 radical (unpaired) electrons. The standard InChI is InChI=1S/C16H24BrNS/c1-16(2)6-5-11(8-18-12-3-4-12)13(7-16)14-9-19-10-15(14)17/h9-13,18H,3-8H2,1-2H3. The first-order chi connectivity index (χ1) is 9.05. The number of hydrogen-bond donors (Lipinski definition) is 1. The van der Waals surface area contributed by atoms with Gasteiger partial charge in [-0.05, 0) is 82.8 Å². The van der Waals surface area contributed by atoms with Gasteiger partial charge in [0.1, 0.15) is 0 Å². The van der Waals surface area contributed by atoms with Gasteiger partial charge in [0.15, 0.2) is 0 Å². The normalized spacial score (nSPS) is 30.5. The van der Waals surface area contributed by atoms with Crippen molar-refractivity contribution in [3.63, 3.8) is 0 Å². The molecule has 1 heterocycles. The summed E-state index contributed by atoms with van der Waals surface area (Å²) in [6.45, 7) is 6.09. The Balaban J connectivity index is 1.74. The highest BCUT2D eigenvalue weighted by Crippen LogP contribution is 2.48. The number of hydrogen-bond acceptors (Lipinski definition) is 2. The molecule has 0 aromatic carbocycles. The molecule has 1 N–H and O–H groups in total. The Morgan fingerprint density at radius 1 is 1.32 bits per heavy atom. The summed E-state index contributed by atoms with van der Waals surface area (Å²) < 4.78 is 1.33. The molecule has 0 amide bonds. The van der Waals surface area contributed by atoms with E-state index in [2.05, 4.69) is 45.9 Å². The molecule has 3 heteroatoms. The predicted octanol–water partition coefficient (Wildman–Crippen LogP) is 5.17. The maximum Gasteiger partial charge on any atom is 0.0317 e. The van der Waals surface area contributed by atoms with Crippen LogP contribution in [0.5, 0.6) is 0 Å². The molecule has 2 saturated carbocycles. The lowest BCUT2D eigenvalue weighted by Gasteiger charge is -2.41. The zero-order valence-corrected chi connectivity index (χ0v) is 14.3. The first-order valence-electron chi connectivity index (χ1n) is 7.50. The molecule has 0 aliphatic heterocycles. The molecule has 1 aromatic rings. The van der Waals surface area contributed by atoms with Crippen molar-refractivity contribution < 1.29 is 0 Å². The monoisotopic (exact) mass is 341 g/mol. The molecule has 1 nitrogen and oxygen atoms in total. The lowest BCUT2D eigenvalue weighted by atomic mass is 9.65. The SMILES string of the molecule is CC1(C)CCC(CNC2CC2)C(c2cscc2Br)C1. The Hall–Kier alpha value is 0.140. The minimum atomic E-state index is 0.502. The van der Waals surface area contributed by atoms with E-state index in [4.69, 9.17) is 0 Å². The van der Waals surface area contributed by atoms with Crippen molar-refractivity contribution in [3.8, 4) is 0 Å². The van der Waals surface area contributed by atoms with Crippen molar-refractivity contribution in [3.05, 3.63) is 20.8 Å². The van der Waals surface area contributed by atoms with Gasteiger partial charge in [0.05, 0.1) is 0 Å². The molecule has 0 saturated heterocycles. The minimum Gasteiger partial charge on any atom is -0.314 e. The van der Waals surface area contributed by atoms with Crippen LogP contribution in [-0.2, 0) is 0 Å². The minimum absolute atomic E-state index is 0.502. The molecule has 19 heavy (non-hydrogen) atoms. The summed E-state index contributed by atoms with van der Waals surface area (Å²) in [6, 6.07) is 0.835. The van der Waals surface area contributed by atoms with E-state index >= 15 is 0 Å². The summed E-state index contributed by atoms with van der Waals surface area (Å²) >= 11 is 5.58. The lowest BCUT2D eigenvalue weighted by Crippen LogP contribution is -2.35. The highest BCUT2D eigenvalue weighted by Gasteiger charge is 2.37. The van der Waals surface area contributed by atoms with Gasteiger partial charge in [-0.25, -0.2) is 0 Å². The molecule has 2 aliphatic carbocycles. The highest BCUT2D eigenvalue weighted by atomic mass is 79.9. The van der Waals surface area contributed by atoms with Gasteiger partial charge in [-0.3, -0.25) is 0 Å². The third-order valence-corrected chi connectivity index (χ3v) is 6.57. The van der Waals surface area contributed by atoms with Crippen LogP contribution in [0.2, 0.25) is 0 Å². The molecule has 2 atom stereocenters. The first-order valence-corrected chi connectivity index (χ1v) is 9.24. The van der Waals surface area contributed by atoms with Crippen molar-refractivity contribution in [2.45, 2.75) is 57.9 Å². The predicted molar refractivity (Wildman–Crippen MR) is 86.9 cm³/mol. The second kappa shape index (κ2) is 5.50. The first kappa shape index (κ1) is 14.1. The van der Waals surface area contributed by atoms with Crippen LogP contribution >= 0.6 is 27.3 Å². The third-order valence-electron chi connectivity index (χ3n) is 4.82. The van der Waals surface area contributed by atoms with Gasteiger partial charge < -0.3 is 5.32 Å². The van der Waals surface area contributed by atoms with E-state index < -0.39 is 0 Å². The largest absolute Gasteiger partial charge is 0.314 e. The number of rotatable bonds is 4. The summed E-state index contributed by atoms with van der Waals surface area (Å²) in [5.41, 5.74) is 2.06. The number of nitrogens with one attached hydrogen (secondary N) is 1. The topological polar surface area (TPSA) is 12.0 Å². The molecule has 0 spiro atoms. The molecular weight excluding hydrogens is 318 g/mol. The second-order valence-electron chi connectivity index (χ2n) is 7.13. The van der Waals surface area contributed by atoms with Gasteiger partial charge in [-0.1, -0.05) is 13.8 Å². The van der Waals surface area contributed by atoms with E-state index in [1.165, 1.54) is 43.1 Å². The molecule has 2 aliphatic rings. The fourth-order valence-corrected chi connectivity index (χ4v) is 5.07. The Bertz CT molecular complexity index is 434. The summed E-state index contributed by atoms with van der Waals surface area (Å²) in [5, 5.41) is 8.35. The highest BCUT2D eigenvalue weighted by molar-refractivity contribution is 9.10. The van der Waals surface area contributed by atoms with Gasteiger partial charge in [0, 0.05) is 15.9 Å². The summed E-state index contributed by atoms with van der Waals surface area (Å²) in [4.78, 5) is 0. The summed E-state index contributed by atoms with van der Waals surface area (Å²) in [5.74, 6) is 1.55. The van der Waals surface area contributed by atoms with Crippen molar-refractivity contribution in [2.75, 3.05) is 6.54 Å². The maximum atomic E-state index is 3.75. The van der Waals surface area contributed by atoms with E-state index in [-0.39, 0.29) is 0 Å². The van der Waals surface area contributed by atoms with Crippen LogP contribution in [0.15, 0.2) is 15.2 Å². The molecule has 1 aromatic heterocycles. The molecule has 3 rings (SSSR count). The molecule has 2 unspecified atom stereocenters. The second-order valence-corrected chi connectivity index (χ2v) is 8.73. The van der Waals surface area contributed by atoms with Crippen LogP contribution < -0.4 is 5.32 Å². The lowest BCUT2D eigenvalue weighted by molar-refractivity contribution is 0.159. The average Bonchev–Trinajstić information content (AvgIpc) is 3.08. The van der Waals surface area contributed by atoms with E-state index in [0.29, 0.717) is 5.41 Å². The molecule has 0 bridgehead atoms. The molecular formula is C16H24BrNS. The van der Waals surface area contributed by atoms with Gasteiger partial charge in [0.2, 0.25) is 0 Å². The Morgan fingerprint density at radius 2 is 2.11 bits per heavy atom. The van der Waals surface area contributed by atoms with E-state index in [0.717, 1.165) is 17.9 Å². The Morgan fingerprint density at radius 3 is 2.74 bits per heavy atom. The van der Waals surface area contributed by atoms with Gasteiger partial charge in [0.25, 0.3) is 0 Å². The Labute approximate surface area is 129 Å². The van der Waals surface area contributed by atoms with Crippen molar-refractivity contribution in [2.24, 2.45) is 11.3 Å². The van der Waals surface area contributed by atoms with Gasteiger partial charge in [-0.15, -0.1) is 0 Å². The fourth-order valence-electron chi connectivity index (χ4n) is 3.41. The van der Waals surface area contributed by atoms with E-state index in [1.807, 2.05) is 11.3 Å². The van der Waals surface area contributed by atoms with Crippen molar-refractivity contribution in [1.29, 1.82) is 0 Å². The molecule has 2 fully saturated rings. The van der Waals surface area contributed by atoms with Crippen molar-refractivity contribution >= 4 is 27.3 Å². The number of halogens is 1. The fraction of sp³-hybridized carbons (Fsp3) is 0.750. The number of thiophene rings is 1. The average molecular weight is 342 g/mol. The van der Waals surface area contributed by atoms with Crippen LogP contribution in [0.3, 0.4) is 0 Å². The third kappa shape index (κ3) is 3.43.